The van der Waals surface area contributed by atoms with Crippen molar-refractivity contribution in [3.63, 3.8) is 0 Å². The number of carbonyl (C=O) groups excluding carboxylic acids is 2. The van der Waals surface area contributed by atoms with Gasteiger partial charge in [-0.3, -0.25) is 0 Å². The highest BCUT2D eigenvalue weighted by Crippen LogP contribution is 2.38. The number of aromatic nitrogens is 6. The summed E-state index contributed by atoms with van der Waals surface area (Å²) in [7, 11) is 1.42. The van der Waals surface area contributed by atoms with Gasteiger partial charge in [0.2, 0.25) is 0 Å². The number of rotatable bonds is 9. The Bertz CT molecular complexity index is 2280. The van der Waals surface area contributed by atoms with Gasteiger partial charge in [0.15, 0.2) is 11.4 Å². The Morgan fingerprint density at radius 3 is 1.49 bits per heavy atom. The Kier molecular flexibility index (Phi) is 11.7. The summed E-state index contributed by atoms with van der Waals surface area (Å²) >= 11 is 12.1. The molecular formula is C35H28Cl2F2N6O8. The molecule has 2 aromatic heterocycles. The second kappa shape index (κ2) is 16.4. The van der Waals surface area contributed by atoms with Gasteiger partial charge in [0, 0.05) is 23.3 Å². The number of hydrogen-bond acceptors (Lipinski definition) is 12. The summed E-state index contributed by atoms with van der Waals surface area (Å²) in [5.74, 6) is -2.89. The van der Waals surface area contributed by atoms with E-state index in [-0.39, 0.29) is 80.4 Å². The van der Waals surface area contributed by atoms with E-state index in [1.165, 1.54) is 83.2 Å². The molecule has 4 aromatic carbocycles. The summed E-state index contributed by atoms with van der Waals surface area (Å²) in [6.45, 7) is 3.58. The molecule has 6 rings (SSSR count). The molecule has 0 spiro atoms. The molecular weight excluding hydrogens is 741 g/mol. The molecule has 0 radical (unpaired) electrons. The zero-order chi connectivity index (χ0) is 38.4. The minimum atomic E-state index is -0.720. The molecule has 14 nitrogen and oxygen atoms in total. The van der Waals surface area contributed by atoms with Crippen LogP contribution >= 0.6 is 23.2 Å². The third kappa shape index (κ3) is 8.13. The van der Waals surface area contributed by atoms with E-state index >= 15 is 0 Å². The van der Waals surface area contributed by atoms with Crippen LogP contribution in [0.25, 0.3) is 33.9 Å². The molecule has 274 valence electrons. The Balaban J connectivity index is 0.000000204. The highest BCUT2D eigenvalue weighted by Gasteiger charge is 2.27. The lowest BCUT2D eigenvalue weighted by molar-refractivity contribution is 0.0510. The van der Waals surface area contributed by atoms with Gasteiger partial charge in [0.25, 0.3) is 0 Å². The van der Waals surface area contributed by atoms with E-state index in [9.17, 15) is 33.7 Å². The molecule has 6 aromatic rings. The van der Waals surface area contributed by atoms with Crippen LogP contribution in [-0.4, -0.2) is 77.6 Å². The van der Waals surface area contributed by atoms with Gasteiger partial charge in [-0.05, 0) is 74.5 Å². The van der Waals surface area contributed by atoms with Crippen molar-refractivity contribution in [2.45, 2.75) is 13.8 Å². The summed E-state index contributed by atoms with van der Waals surface area (Å²) in [5.41, 5.74) is 1.35. The van der Waals surface area contributed by atoms with E-state index in [0.29, 0.717) is 11.1 Å². The van der Waals surface area contributed by atoms with Crippen molar-refractivity contribution in [3.8, 4) is 56.9 Å². The number of carbonyl (C=O) groups is 2. The van der Waals surface area contributed by atoms with E-state index < -0.39 is 23.6 Å². The predicted octanol–water partition coefficient (Wildman–Crippen LogP) is 6.93. The molecule has 0 saturated heterocycles. The minimum Gasteiger partial charge on any atom is -0.506 e. The van der Waals surface area contributed by atoms with Crippen LogP contribution in [0, 0.1) is 11.6 Å². The lowest BCUT2D eigenvalue weighted by atomic mass is 10.1. The van der Waals surface area contributed by atoms with Gasteiger partial charge >= 0.3 is 11.9 Å². The zero-order valence-corrected chi connectivity index (χ0v) is 29.4. The quantitative estimate of drug-likeness (QED) is 0.129. The molecule has 0 bridgehead atoms. The second-order valence-electron chi connectivity index (χ2n) is 10.6. The largest absolute Gasteiger partial charge is 0.506 e. The first-order chi connectivity index (χ1) is 25.4. The molecule has 53 heavy (non-hydrogen) atoms. The fourth-order valence-corrected chi connectivity index (χ4v) is 5.27. The fraction of sp³-hybridized carbons (Fsp3) is 0.143. The second-order valence-corrected chi connectivity index (χ2v) is 11.4. The van der Waals surface area contributed by atoms with Gasteiger partial charge in [0.1, 0.15) is 57.4 Å². The van der Waals surface area contributed by atoms with E-state index in [4.69, 9.17) is 37.4 Å². The number of phenolic OH excluding ortho intramolecular Hbond substituents is 3. The van der Waals surface area contributed by atoms with E-state index in [1.807, 2.05) is 0 Å². The number of hydrogen-bond donors (Lipinski definition) is 3. The van der Waals surface area contributed by atoms with Gasteiger partial charge in [-0.15, -0.1) is 10.2 Å². The number of benzene rings is 4. The highest BCUT2D eigenvalue weighted by atomic mass is 35.5. The number of halogens is 4. The SMILES string of the molecule is CCOC(=O)c1nnn(-c2cc(Cl)c(O)cc2O)c1-c1ccc(F)cc1.CCOC(=O)c1nnn(-c2cc(Cl)c(OC)cc2O)c1-c1ccc(F)cc1. The molecule has 3 N–H and O–H groups in total. The summed E-state index contributed by atoms with van der Waals surface area (Å²) in [5, 5.41) is 45.9. The minimum absolute atomic E-state index is 0.0314. The average molecular weight is 770 g/mol. The predicted molar refractivity (Wildman–Crippen MR) is 187 cm³/mol. The molecule has 0 unspecified atom stereocenters. The standard InChI is InChI=1S/C18H15ClFN3O4.C17H13ClFN3O4/c1-3-27-18(25)16-17(10-4-6-11(20)7-5-10)23(22-21-16)13-8-12(19)15(26-2)9-14(13)24;1-2-26-17(25)15-16(9-3-5-10(19)6-4-9)22(21-20-15)12-7-11(18)13(23)8-14(12)24/h4-9,24H,3H2,1-2H3;3-8,23-24H,2H2,1H3. The number of ether oxygens (including phenoxy) is 3. The van der Waals surface area contributed by atoms with Crippen LogP contribution in [-0.2, 0) is 9.47 Å². The number of phenols is 3. The third-order valence-electron chi connectivity index (χ3n) is 7.26. The first kappa shape index (κ1) is 38.0. The third-order valence-corrected chi connectivity index (χ3v) is 7.86. The van der Waals surface area contributed by atoms with Crippen LogP contribution in [0.5, 0.6) is 23.0 Å². The molecule has 0 aliphatic heterocycles. The average Bonchev–Trinajstić information content (AvgIpc) is 3.78. The van der Waals surface area contributed by atoms with Crippen LogP contribution in [0.2, 0.25) is 10.0 Å². The van der Waals surface area contributed by atoms with E-state index in [0.717, 1.165) is 6.07 Å². The van der Waals surface area contributed by atoms with Gasteiger partial charge < -0.3 is 29.5 Å². The van der Waals surface area contributed by atoms with Crippen LogP contribution < -0.4 is 4.74 Å². The monoisotopic (exact) mass is 768 g/mol. The smallest absolute Gasteiger partial charge is 0.361 e. The summed E-state index contributed by atoms with van der Waals surface area (Å²) in [6, 6.07) is 15.8. The zero-order valence-electron chi connectivity index (χ0n) is 27.9. The summed E-state index contributed by atoms with van der Waals surface area (Å²) in [4.78, 5) is 24.5. The lowest BCUT2D eigenvalue weighted by Crippen LogP contribution is -2.08. The van der Waals surface area contributed by atoms with Crippen molar-refractivity contribution in [2.75, 3.05) is 20.3 Å². The van der Waals surface area contributed by atoms with Gasteiger partial charge in [-0.25, -0.2) is 27.7 Å². The number of esters is 2. The molecule has 2 heterocycles. The Hall–Kier alpha value is -6.26. The van der Waals surface area contributed by atoms with Gasteiger partial charge in [-0.2, -0.15) is 0 Å². The van der Waals surface area contributed by atoms with Crippen molar-refractivity contribution in [3.05, 3.63) is 106 Å². The molecule has 0 saturated carbocycles. The highest BCUT2D eigenvalue weighted by molar-refractivity contribution is 6.32. The maximum atomic E-state index is 13.3. The van der Waals surface area contributed by atoms with Crippen molar-refractivity contribution in [1.82, 2.24) is 30.0 Å². The Morgan fingerprint density at radius 2 is 1.08 bits per heavy atom. The lowest BCUT2D eigenvalue weighted by Gasteiger charge is -2.12. The molecule has 0 aliphatic rings. The molecule has 18 heteroatoms. The fourth-order valence-electron chi connectivity index (χ4n) is 4.88. The summed E-state index contributed by atoms with van der Waals surface area (Å²) < 4.78 is 44.1. The summed E-state index contributed by atoms with van der Waals surface area (Å²) in [6.07, 6.45) is 0. The van der Waals surface area contributed by atoms with Crippen LogP contribution in [0.4, 0.5) is 8.78 Å². The molecule has 0 aliphatic carbocycles. The Labute approximate surface area is 309 Å². The first-order valence-corrected chi connectivity index (χ1v) is 16.2. The van der Waals surface area contributed by atoms with Crippen LogP contribution in [0.15, 0.2) is 72.8 Å². The molecule has 0 amide bonds. The van der Waals surface area contributed by atoms with E-state index in [1.54, 1.807) is 13.8 Å². The van der Waals surface area contributed by atoms with Crippen molar-refractivity contribution >= 4 is 35.1 Å². The van der Waals surface area contributed by atoms with E-state index in [2.05, 4.69) is 20.6 Å². The number of nitrogens with zero attached hydrogens (tertiary/aromatic N) is 6. The maximum Gasteiger partial charge on any atom is 0.361 e. The first-order valence-electron chi connectivity index (χ1n) is 15.4. The van der Waals surface area contributed by atoms with Gasteiger partial charge in [-0.1, -0.05) is 33.6 Å². The van der Waals surface area contributed by atoms with Crippen molar-refractivity contribution in [2.24, 2.45) is 0 Å². The molecule has 0 atom stereocenters. The molecule has 0 fully saturated rings. The Morgan fingerprint density at radius 1 is 0.660 bits per heavy atom. The normalized spacial score (nSPS) is 10.7. The maximum absolute atomic E-state index is 13.3. The van der Waals surface area contributed by atoms with Crippen molar-refractivity contribution in [1.29, 1.82) is 0 Å². The van der Waals surface area contributed by atoms with Crippen molar-refractivity contribution < 1.29 is 47.9 Å². The topological polar surface area (TPSA) is 184 Å². The number of aromatic hydroxyl groups is 3. The number of methoxy groups -OCH3 is 1. The van der Waals surface area contributed by atoms with Crippen LogP contribution in [0.3, 0.4) is 0 Å². The van der Waals surface area contributed by atoms with Crippen LogP contribution in [0.1, 0.15) is 34.8 Å². The van der Waals surface area contributed by atoms with Gasteiger partial charge in [0.05, 0.1) is 30.4 Å².